The summed E-state index contributed by atoms with van der Waals surface area (Å²) in [7, 11) is 0. The Labute approximate surface area is 91.9 Å². The van der Waals surface area contributed by atoms with Crippen molar-refractivity contribution in [2.24, 2.45) is 0 Å². The summed E-state index contributed by atoms with van der Waals surface area (Å²) < 4.78 is 0. The van der Waals surface area contributed by atoms with E-state index >= 15 is 0 Å². The second-order valence-electron chi connectivity index (χ2n) is 4.06. The number of rotatable bonds is 3. The number of amides is 2. The minimum absolute atomic E-state index is 0.0625. The highest BCUT2D eigenvalue weighted by molar-refractivity contribution is 5.74. The van der Waals surface area contributed by atoms with Crippen LogP contribution in [0.3, 0.4) is 0 Å². The van der Waals surface area contributed by atoms with Gasteiger partial charge in [-0.05, 0) is 13.8 Å². The fourth-order valence-corrected chi connectivity index (χ4v) is 1.75. The van der Waals surface area contributed by atoms with Crippen LogP contribution in [-0.4, -0.2) is 55.1 Å². The molecule has 4 nitrogen and oxygen atoms in total. The van der Waals surface area contributed by atoms with E-state index in [1.165, 1.54) is 5.57 Å². The van der Waals surface area contributed by atoms with Crippen LogP contribution in [0.1, 0.15) is 13.8 Å². The maximum Gasteiger partial charge on any atom is 0.317 e. The summed E-state index contributed by atoms with van der Waals surface area (Å²) in [6.07, 6.45) is 0. The Hall–Kier alpha value is -1.03. The van der Waals surface area contributed by atoms with Crippen molar-refractivity contribution in [3.63, 3.8) is 0 Å². The van der Waals surface area contributed by atoms with Crippen molar-refractivity contribution in [3.8, 4) is 0 Å². The monoisotopic (exact) mass is 211 g/mol. The quantitative estimate of drug-likeness (QED) is 0.704. The fraction of sp³-hybridized carbons (Fsp3) is 0.727. The van der Waals surface area contributed by atoms with Crippen molar-refractivity contribution in [3.05, 3.63) is 12.2 Å². The number of nitrogens with one attached hydrogen (secondary N) is 1. The van der Waals surface area contributed by atoms with Gasteiger partial charge in [-0.2, -0.15) is 0 Å². The Morgan fingerprint density at radius 1 is 1.33 bits per heavy atom. The molecule has 0 saturated carbocycles. The number of carbonyl (C=O) groups excluding carboxylic acids is 1. The molecule has 0 atom stereocenters. The molecule has 1 N–H and O–H groups in total. The lowest BCUT2D eigenvalue weighted by molar-refractivity contribution is 0.145. The Balaban J connectivity index is 2.29. The Kier molecular flexibility index (Phi) is 4.62. The molecule has 0 bridgehead atoms. The molecule has 0 unspecified atom stereocenters. The van der Waals surface area contributed by atoms with Crippen LogP contribution < -0.4 is 5.32 Å². The number of carbonyl (C=O) groups is 1. The van der Waals surface area contributed by atoms with E-state index in [1.54, 1.807) is 0 Å². The first-order valence-electron chi connectivity index (χ1n) is 5.53. The zero-order valence-electron chi connectivity index (χ0n) is 9.75. The summed E-state index contributed by atoms with van der Waals surface area (Å²) in [4.78, 5) is 15.7. The summed E-state index contributed by atoms with van der Waals surface area (Å²) in [6.45, 7) is 13.1. The molecule has 2 amide bonds. The van der Waals surface area contributed by atoms with E-state index in [0.717, 1.165) is 32.7 Å². The predicted molar refractivity (Wildman–Crippen MR) is 61.9 cm³/mol. The summed E-state index contributed by atoms with van der Waals surface area (Å²) in [6, 6.07) is 0.0625. The molecule has 0 aromatic rings. The first-order valence-corrected chi connectivity index (χ1v) is 5.53. The topological polar surface area (TPSA) is 35.6 Å². The summed E-state index contributed by atoms with van der Waals surface area (Å²) >= 11 is 0. The Bertz CT molecular complexity index is 232. The van der Waals surface area contributed by atoms with Crippen molar-refractivity contribution >= 4 is 6.03 Å². The van der Waals surface area contributed by atoms with Crippen molar-refractivity contribution in [2.45, 2.75) is 13.8 Å². The average molecular weight is 211 g/mol. The van der Waals surface area contributed by atoms with Crippen molar-refractivity contribution in [2.75, 3.05) is 39.3 Å². The molecule has 1 saturated heterocycles. The molecule has 0 spiro atoms. The second kappa shape index (κ2) is 5.75. The molecular formula is C11H21N3O. The molecular weight excluding hydrogens is 190 g/mol. The van der Waals surface area contributed by atoms with Gasteiger partial charge in [0.2, 0.25) is 0 Å². The smallest absolute Gasteiger partial charge is 0.317 e. The van der Waals surface area contributed by atoms with E-state index in [2.05, 4.69) is 16.8 Å². The first kappa shape index (κ1) is 12.0. The van der Waals surface area contributed by atoms with Crippen LogP contribution in [0.15, 0.2) is 12.2 Å². The molecule has 86 valence electrons. The van der Waals surface area contributed by atoms with Gasteiger partial charge in [0.15, 0.2) is 0 Å². The van der Waals surface area contributed by atoms with E-state index in [0.29, 0.717) is 6.54 Å². The van der Waals surface area contributed by atoms with Crippen LogP contribution in [-0.2, 0) is 0 Å². The highest BCUT2D eigenvalue weighted by Crippen LogP contribution is 2.03. The van der Waals surface area contributed by atoms with Crippen LogP contribution in [0.5, 0.6) is 0 Å². The van der Waals surface area contributed by atoms with Crippen LogP contribution in [0, 0.1) is 0 Å². The van der Waals surface area contributed by atoms with Gasteiger partial charge in [-0.1, -0.05) is 12.2 Å². The maximum atomic E-state index is 11.5. The molecule has 1 fully saturated rings. The van der Waals surface area contributed by atoms with Gasteiger partial charge in [-0.3, -0.25) is 4.90 Å². The zero-order valence-corrected chi connectivity index (χ0v) is 9.75. The SMILES string of the molecule is C=C(C)CN1CCN(C(=O)NCC)CC1. The number of hydrogen-bond donors (Lipinski definition) is 1. The lowest BCUT2D eigenvalue weighted by Gasteiger charge is -2.34. The zero-order chi connectivity index (χ0) is 11.3. The molecule has 1 heterocycles. The van der Waals surface area contributed by atoms with E-state index in [9.17, 15) is 4.79 Å². The van der Waals surface area contributed by atoms with Crippen LogP contribution in [0.25, 0.3) is 0 Å². The Morgan fingerprint density at radius 2 is 1.93 bits per heavy atom. The molecule has 4 heteroatoms. The third kappa shape index (κ3) is 3.91. The van der Waals surface area contributed by atoms with E-state index < -0.39 is 0 Å². The fourth-order valence-electron chi connectivity index (χ4n) is 1.75. The predicted octanol–water partition coefficient (Wildman–Crippen LogP) is 0.910. The normalized spacial score (nSPS) is 17.6. The lowest BCUT2D eigenvalue weighted by atomic mass is 10.2. The minimum Gasteiger partial charge on any atom is -0.338 e. The molecule has 1 rings (SSSR count). The molecule has 0 aliphatic carbocycles. The molecule has 0 radical (unpaired) electrons. The van der Waals surface area contributed by atoms with Gasteiger partial charge < -0.3 is 10.2 Å². The third-order valence-corrected chi connectivity index (χ3v) is 2.48. The lowest BCUT2D eigenvalue weighted by Crippen LogP contribution is -2.51. The van der Waals surface area contributed by atoms with Gasteiger partial charge in [0.1, 0.15) is 0 Å². The van der Waals surface area contributed by atoms with Gasteiger partial charge in [0.05, 0.1) is 0 Å². The molecule has 15 heavy (non-hydrogen) atoms. The molecule has 1 aliphatic heterocycles. The van der Waals surface area contributed by atoms with E-state index in [-0.39, 0.29) is 6.03 Å². The van der Waals surface area contributed by atoms with Gasteiger partial charge in [-0.25, -0.2) is 4.79 Å². The Morgan fingerprint density at radius 3 is 2.40 bits per heavy atom. The number of piperazine rings is 1. The number of hydrogen-bond acceptors (Lipinski definition) is 2. The highest BCUT2D eigenvalue weighted by Gasteiger charge is 2.19. The largest absolute Gasteiger partial charge is 0.338 e. The van der Waals surface area contributed by atoms with Crippen LogP contribution >= 0.6 is 0 Å². The average Bonchev–Trinajstić information content (AvgIpc) is 2.18. The van der Waals surface area contributed by atoms with Crippen molar-refractivity contribution in [1.82, 2.24) is 15.1 Å². The molecule has 0 aromatic heterocycles. The van der Waals surface area contributed by atoms with Gasteiger partial charge >= 0.3 is 6.03 Å². The molecule has 1 aliphatic rings. The van der Waals surface area contributed by atoms with E-state index in [4.69, 9.17) is 0 Å². The van der Waals surface area contributed by atoms with Gasteiger partial charge in [0, 0.05) is 39.3 Å². The number of nitrogens with zero attached hydrogens (tertiary/aromatic N) is 2. The van der Waals surface area contributed by atoms with Crippen LogP contribution in [0.2, 0.25) is 0 Å². The van der Waals surface area contributed by atoms with Crippen LogP contribution in [0.4, 0.5) is 4.79 Å². The van der Waals surface area contributed by atoms with Crippen molar-refractivity contribution < 1.29 is 4.79 Å². The maximum absolute atomic E-state index is 11.5. The first-order chi connectivity index (χ1) is 7.13. The van der Waals surface area contributed by atoms with Gasteiger partial charge in [-0.15, -0.1) is 0 Å². The standard InChI is InChI=1S/C11H21N3O/c1-4-12-11(15)14-7-5-13(6-8-14)9-10(2)3/h2,4-9H2,1,3H3,(H,12,15). The van der Waals surface area contributed by atoms with E-state index in [1.807, 2.05) is 18.7 Å². The summed E-state index contributed by atoms with van der Waals surface area (Å²) in [5.41, 5.74) is 1.18. The minimum atomic E-state index is 0.0625. The van der Waals surface area contributed by atoms with Crippen molar-refractivity contribution in [1.29, 1.82) is 0 Å². The molecule has 0 aromatic carbocycles. The highest BCUT2D eigenvalue weighted by atomic mass is 16.2. The summed E-state index contributed by atoms with van der Waals surface area (Å²) in [5, 5.41) is 2.82. The summed E-state index contributed by atoms with van der Waals surface area (Å²) in [5.74, 6) is 0. The third-order valence-electron chi connectivity index (χ3n) is 2.48. The number of urea groups is 1. The van der Waals surface area contributed by atoms with Gasteiger partial charge in [0.25, 0.3) is 0 Å². The second-order valence-corrected chi connectivity index (χ2v) is 4.06.